The molecule has 0 fully saturated rings. The van der Waals surface area contributed by atoms with Gasteiger partial charge in [-0.25, -0.2) is 0 Å². The maximum Gasteiger partial charge on any atom is 0.117 e. The quantitative estimate of drug-likeness (QED) is 0.712. The predicted octanol–water partition coefficient (Wildman–Crippen LogP) is 2.82. The molecule has 0 aliphatic carbocycles. The van der Waals surface area contributed by atoms with E-state index in [1.54, 1.807) is 18.3 Å². The molecule has 0 aliphatic rings. The number of pyridine rings is 1. The van der Waals surface area contributed by atoms with Gasteiger partial charge in [-0.15, -0.1) is 0 Å². The van der Waals surface area contributed by atoms with Crippen LogP contribution in [0.1, 0.15) is 26.3 Å². The zero-order valence-corrected chi connectivity index (χ0v) is 9.78. The molecule has 3 heteroatoms. The first-order valence-corrected chi connectivity index (χ1v) is 5.27. The van der Waals surface area contributed by atoms with Crippen LogP contribution < -0.4 is 5.73 Å². The Labute approximate surface area is 94.9 Å². The van der Waals surface area contributed by atoms with Crippen LogP contribution in [0.5, 0.6) is 5.75 Å². The van der Waals surface area contributed by atoms with E-state index in [9.17, 15) is 5.11 Å². The Morgan fingerprint density at radius 2 is 1.94 bits per heavy atom. The van der Waals surface area contributed by atoms with E-state index in [-0.39, 0.29) is 11.2 Å². The fraction of sp³-hybridized carbons (Fsp3) is 0.308. The van der Waals surface area contributed by atoms with Gasteiger partial charge >= 0.3 is 0 Å². The van der Waals surface area contributed by atoms with Crippen molar-refractivity contribution in [3.8, 4) is 5.75 Å². The first kappa shape index (κ1) is 10.7. The van der Waals surface area contributed by atoms with E-state index >= 15 is 0 Å². The van der Waals surface area contributed by atoms with Crippen LogP contribution in [0.15, 0.2) is 24.4 Å². The minimum atomic E-state index is -0.0394. The molecule has 1 aromatic carbocycles. The average molecular weight is 216 g/mol. The van der Waals surface area contributed by atoms with Crippen molar-refractivity contribution in [3.63, 3.8) is 0 Å². The normalized spacial score (nSPS) is 11.9. The highest BCUT2D eigenvalue weighted by Gasteiger charge is 2.20. The minimum Gasteiger partial charge on any atom is -0.508 e. The summed E-state index contributed by atoms with van der Waals surface area (Å²) in [5.41, 5.74) is 8.50. The Kier molecular flexibility index (Phi) is 2.26. The fourth-order valence-electron chi connectivity index (χ4n) is 2.03. The molecule has 2 rings (SSSR count). The van der Waals surface area contributed by atoms with Crippen molar-refractivity contribution in [2.24, 2.45) is 0 Å². The molecule has 0 radical (unpaired) electrons. The lowest BCUT2D eigenvalue weighted by atomic mass is 9.84. The zero-order chi connectivity index (χ0) is 11.9. The first-order valence-electron chi connectivity index (χ1n) is 5.27. The summed E-state index contributed by atoms with van der Waals surface area (Å²) in [6, 6.07) is 5.19. The van der Waals surface area contributed by atoms with Crippen molar-refractivity contribution in [1.29, 1.82) is 0 Å². The molecule has 0 amide bonds. The highest BCUT2D eigenvalue weighted by atomic mass is 16.3. The molecule has 0 spiro atoms. The summed E-state index contributed by atoms with van der Waals surface area (Å²) in [5, 5.41) is 10.4. The van der Waals surface area contributed by atoms with Crippen molar-refractivity contribution in [1.82, 2.24) is 4.98 Å². The number of hydrogen-bond donors (Lipinski definition) is 2. The van der Waals surface area contributed by atoms with Crippen LogP contribution in [0.2, 0.25) is 0 Å². The molecular weight excluding hydrogens is 200 g/mol. The van der Waals surface area contributed by atoms with E-state index < -0.39 is 0 Å². The molecule has 2 aromatic rings. The maximum absolute atomic E-state index is 9.42. The van der Waals surface area contributed by atoms with Gasteiger partial charge in [0.15, 0.2) is 0 Å². The Balaban J connectivity index is 2.85. The Hall–Kier alpha value is -1.77. The number of aromatic nitrogens is 1. The Morgan fingerprint density at radius 3 is 2.56 bits per heavy atom. The first-order chi connectivity index (χ1) is 7.39. The maximum atomic E-state index is 9.42. The van der Waals surface area contributed by atoms with Crippen LogP contribution in [-0.4, -0.2) is 10.1 Å². The number of nitrogens with zero attached hydrogens (tertiary/aromatic N) is 1. The summed E-state index contributed by atoms with van der Waals surface area (Å²) < 4.78 is 0. The van der Waals surface area contributed by atoms with E-state index in [2.05, 4.69) is 25.8 Å². The third kappa shape index (κ3) is 1.69. The van der Waals surface area contributed by atoms with Gasteiger partial charge in [-0.05, 0) is 23.1 Å². The van der Waals surface area contributed by atoms with Crippen LogP contribution >= 0.6 is 0 Å². The molecule has 0 saturated carbocycles. The lowest BCUT2D eigenvalue weighted by molar-refractivity contribution is 0.476. The van der Waals surface area contributed by atoms with E-state index in [1.807, 2.05) is 6.07 Å². The van der Waals surface area contributed by atoms with Crippen molar-refractivity contribution in [2.45, 2.75) is 26.2 Å². The number of nitrogen functional groups attached to an aromatic ring is 1. The van der Waals surface area contributed by atoms with Gasteiger partial charge < -0.3 is 10.8 Å². The van der Waals surface area contributed by atoms with E-state index in [1.165, 1.54) is 0 Å². The van der Waals surface area contributed by atoms with Crippen LogP contribution in [0.4, 0.5) is 5.69 Å². The van der Waals surface area contributed by atoms with E-state index in [0.29, 0.717) is 5.69 Å². The molecule has 3 N–H and O–H groups in total. The largest absolute Gasteiger partial charge is 0.508 e. The molecule has 3 nitrogen and oxygen atoms in total. The second-order valence-corrected chi connectivity index (χ2v) is 5.04. The SMILES string of the molecule is CC(C)(C)c1c(N)cnc2cc(O)ccc12. The number of rotatable bonds is 0. The van der Waals surface area contributed by atoms with Gasteiger partial charge in [-0.2, -0.15) is 0 Å². The third-order valence-electron chi connectivity index (χ3n) is 2.63. The zero-order valence-electron chi connectivity index (χ0n) is 9.78. The fourth-order valence-corrected chi connectivity index (χ4v) is 2.03. The molecule has 1 heterocycles. The summed E-state index contributed by atoms with van der Waals surface area (Å²) in [4.78, 5) is 4.23. The number of anilines is 1. The smallest absolute Gasteiger partial charge is 0.117 e. The van der Waals surface area contributed by atoms with Gasteiger partial charge in [0.25, 0.3) is 0 Å². The van der Waals surface area contributed by atoms with E-state index in [0.717, 1.165) is 16.5 Å². The molecule has 0 atom stereocenters. The number of aromatic hydroxyl groups is 1. The van der Waals surface area contributed by atoms with Gasteiger partial charge in [0.1, 0.15) is 5.75 Å². The summed E-state index contributed by atoms with van der Waals surface area (Å²) in [6.07, 6.45) is 1.66. The topological polar surface area (TPSA) is 59.1 Å². The van der Waals surface area contributed by atoms with Crippen molar-refractivity contribution in [3.05, 3.63) is 30.0 Å². The third-order valence-corrected chi connectivity index (χ3v) is 2.63. The number of fused-ring (bicyclic) bond motifs is 1. The lowest BCUT2D eigenvalue weighted by Gasteiger charge is -2.23. The van der Waals surface area contributed by atoms with E-state index in [4.69, 9.17) is 5.73 Å². The molecule has 1 aromatic heterocycles. The monoisotopic (exact) mass is 216 g/mol. The van der Waals surface area contributed by atoms with Crippen LogP contribution in [0.25, 0.3) is 10.9 Å². The molecule has 0 unspecified atom stereocenters. The van der Waals surface area contributed by atoms with Crippen LogP contribution in [0, 0.1) is 0 Å². The van der Waals surface area contributed by atoms with Gasteiger partial charge in [0, 0.05) is 11.5 Å². The highest BCUT2D eigenvalue weighted by Crippen LogP contribution is 2.34. The second-order valence-electron chi connectivity index (χ2n) is 5.04. The van der Waals surface area contributed by atoms with Crippen LogP contribution in [0.3, 0.4) is 0 Å². The number of phenols is 1. The predicted molar refractivity (Wildman–Crippen MR) is 66.5 cm³/mol. The van der Waals surface area contributed by atoms with Crippen molar-refractivity contribution < 1.29 is 5.11 Å². The molecular formula is C13H16N2O. The second kappa shape index (κ2) is 3.37. The van der Waals surface area contributed by atoms with Gasteiger partial charge in [-0.1, -0.05) is 20.8 Å². The number of hydrogen-bond acceptors (Lipinski definition) is 3. The Bertz CT molecular complexity index is 541. The molecule has 84 valence electrons. The molecule has 16 heavy (non-hydrogen) atoms. The summed E-state index contributed by atoms with van der Waals surface area (Å²) in [6.45, 7) is 6.35. The minimum absolute atomic E-state index is 0.0394. The molecule has 0 saturated heterocycles. The summed E-state index contributed by atoms with van der Waals surface area (Å²) in [5.74, 6) is 0.227. The summed E-state index contributed by atoms with van der Waals surface area (Å²) in [7, 11) is 0. The summed E-state index contributed by atoms with van der Waals surface area (Å²) >= 11 is 0. The van der Waals surface area contributed by atoms with Crippen molar-refractivity contribution in [2.75, 3.05) is 5.73 Å². The number of benzene rings is 1. The van der Waals surface area contributed by atoms with Crippen molar-refractivity contribution >= 4 is 16.6 Å². The standard InChI is InChI=1S/C13H16N2O/c1-13(2,3)12-9-5-4-8(16)6-11(9)15-7-10(12)14/h4-7,16H,14H2,1-3H3. The highest BCUT2D eigenvalue weighted by molar-refractivity contribution is 5.88. The Morgan fingerprint density at radius 1 is 1.25 bits per heavy atom. The number of nitrogens with two attached hydrogens (primary N) is 1. The molecule has 0 bridgehead atoms. The molecule has 0 aliphatic heterocycles. The van der Waals surface area contributed by atoms with Gasteiger partial charge in [0.2, 0.25) is 0 Å². The van der Waals surface area contributed by atoms with Crippen LogP contribution in [-0.2, 0) is 5.41 Å². The van der Waals surface area contributed by atoms with Gasteiger partial charge in [0.05, 0.1) is 17.4 Å². The number of phenolic OH excluding ortho intramolecular Hbond substituents is 1. The average Bonchev–Trinajstić information content (AvgIpc) is 2.16. The van der Waals surface area contributed by atoms with Gasteiger partial charge in [-0.3, -0.25) is 4.98 Å². The lowest BCUT2D eigenvalue weighted by Crippen LogP contribution is -2.15.